The SMILES string of the molecule is Cc1cc(C)c(S(=O)(=O)Nc2ccc3c(=O)cc(-c4ccccc4)oc3c2)c(C)c1. The number of hydrogen-bond acceptors (Lipinski definition) is 4. The summed E-state index contributed by atoms with van der Waals surface area (Å²) in [6, 6.07) is 19.1. The van der Waals surface area contributed by atoms with Crippen molar-refractivity contribution >= 4 is 26.7 Å². The average molecular weight is 420 g/mol. The summed E-state index contributed by atoms with van der Waals surface area (Å²) < 4.78 is 34.6. The van der Waals surface area contributed by atoms with Crippen LogP contribution in [0.2, 0.25) is 0 Å². The monoisotopic (exact) mass is 419 g/mol. The average Bonchev–Trinajstić information content (AvgIpc) is 2.67. The van der Waals surface area contributed by atoms with Crippen LogP contribution in [-0.4, -0.2) is 8.42 Å². The van der Waals surface area contributed by atoms with Crippen LogP contribution in [0.1, 0.15) is 16.7 Å². The largest absolute Gasteiger partial charge is 0.456 e. The minimum Gasteiger partial charge on any atom is -0.456 e. The van der Waals surface area contributed by atoms with Gasteiger partial charge in [-0.25, -0.2) is 8.42 Å². The number of fused-ring (bicyclic) bond motifs is 1. The molecule has 4 aromatic rings. The van der Waals surface area contributed by atoms with Crippen LogP contribution in [0.25, 0.3) is 22.3 Å². The van der Waals surface area contributed by atoms with Gasteiger partial charge in [-0.3, -0.25) is 9.52 Å². The van der Waals surface area contributed by atoms with Crippen molar-refractivity contribution in [1.29, 1.82) is 0 Å². The van der Waals surface area contributed by atoms with E-state index in [0.29, 0.717) is 33.5 Å². The molecular formula is C24H21NO4S. The maximum atomic E-state index is 13.0. The zero-order valence-electron chi connectivity index (χ0n) is 16.9. The van der Waals surface area contributed by atoms with E-state index in [0.717, 1.165) is 11.1 Å². The maximum Gasteiger partial charge on any atom is 0.262 e. The third kappa shape index (κ3) is 3.74. The summed E-state index contributed by atoms with van der Waals surface area (Å²) in [7, 11) is -3.80. The molecule has 152 valence electrons. The van der Waals surface area contributed by atoms with Crippen LogP contribution in [-0.2, 0) is 10.0 Å². The van der Waals surface area contributed by atoms with Crippen molar-refractivity contribution in [2.24, 2.45) is 0 Å². The lowest BCUT2D eigenvalue weighted by Crippen LogP contribution is -2.16. The van der Waals surface area contributed by atoms with Crippen molar-refractivity contribution in [2.45, 2.75) is 25.7 Å². The lowest BCUT2D eigenvalue weighted by atomic mass is 10.1. The fraction of sp³-hybridized carbons (Fsp3) is 0.125. The summed E-state index contributed by atoms with van der Waals surface area (Å²) in [5.74, 6) is 0.429. The number of nitrogens with one attached hydrogen (secondary N) is 1. The Morgan fingerprint density at radius 1 is 0.833 bits per heavy atom. The first kappa shape index (κ1) is 19.9. The first-order valence-electron chi connectivity index (χ1n) is 9.48. The molecule has 1 heterocycles. The highest BCUT2D eigenvalue weighted by molar-refractivity contribution is 7.92. The molecule has 0 spiro atoms. The normalized spacial score (nSPS) is 11.6. The molecule has 0 radical (unpaired) electrons. The molecule has 0 fully saturated rings. The van der Waals surface area contributed by atoms with Crippen LogP contribution in [0.4, 0.5) is 5.69 Å². The van der Waals surface area contributed by atoms with Crippen LogP contribution in [0.5, 0.6) is 0 Å². The number of benzene rings is 3. The van der Waals surface area contributed by atoms with Gasteiger partial charge in [0.1, 0.15) is 11.3 Å². The molecule has 0 saturated heterocycles. The van der Waals surface area contributed by atoms with Crippen LogP contribution < -0.4 is 10.2 Å². The minimum absolute atomic E-state index is 0.185. The van der Waals surface area contributed by atoms with E-state index < -0.39 is 10.0 Å². The fourth-order valence-electron chi connectivity index (χ4n) is 3.76. The Labute approximate surface area is 175 Å². The molecule has 0 saturated carbocycles. The summed E-state index contributed by atoms with van der Waals surface area (Å²) in [6.07, 6.45) is 0. The van der Waals surface area contributed by atoms with Gasteiger partial charge in [-0.05, 0) is 44.0 Å². The summed E-state index contributed by atoms with van der Waals surface area (Å²) in [4.78, 5) is 12.8. The molecular weight excluding hydrogens is 398 g/mol. The maximum absolute atomic E-state index is 13.0. The van der Waals surface area contributed by atoms with Gasteiger partial charge in [-0.1, -0.05) is 48.0 Å². The Kier molecular flexibility index (Phi) is 4.95. The van der Waals surface area contributed by atoms with Crippen LogP contribution in [0, 0.1) is 20.8 Å². The standard InChI is InChI=1S/C24H21NO4S/c1-15-11-16(2)24(17(3)12-15)30(27,28)25-19-9-10-20-21(26)14-22(29-23(20)13-19)18-7-5-4-6-8-18/h4-14,25H,1-3H3. The summed E-state index contributed by atoms with van der Waals surface area (Å²) in [6.45, 7) is 5.49. The lowest BCUT2D eigenvalue weighted by molar-refractivity contribution is 0.600. The Balaban J connectivity index is 1.78. The van der Waals surface area contributed by atoms with Gasteiger partial charge in [0, 0.05) is 17.7 Å². The number of hydrogen-bond donors (Lipinski definition) is 1. The van der Waals surface area contributed by atoms with Crippen LogP contribution in [0.3, 0.4) is 0 Å². The predicted molar refractivity (Wildman–Crippen MR) is 119 cm³/mol. The van der Waals surface area contributed by atoms with Crippen LogP contribution >= 0.6 is 0 Å². The van der Waals surface area contributed by atoms with E-state index in [4.69, 9.17) is 4.42 Å². The molecule has 3 aromatic carbocycles. The minimum atomic E-state index is -3.80. The highest BCUT2D eigenvalue weighted by Crippen LogP contribution is 2.27. The Bertz CT molecular complexity index is 1400. The van der Waals surface area contributed by atoms with Crippen molar-refractivity contribution in [1.82, 2.24) is 0 Å². The molecule has 1 aromatic heterocycles. The molecule has 0 bridgehead atoms. The fourth-order valence-corrected chi connectivity index (χ4v) is 5.27. The third-order valence-electron chi connectivity index (χ3n) is 4.91. The van der Waals surface area contributed by atoms with Gasteiger partial charge in [-0.15, -0.1) is 0 Å². The van der Waals surface area contributed by atoms with E-state index in [2.05, 4.69) is 4.72 Å². The lowest BCUT2D eigenvalue weighted by Gasteiger charge is -2.14. The highest BCUT2D eigenvalue weighted by atomic mass is 32.2. The van der Waals surface area contributed by atoms with Gasteiger partial charge in [0.15, 0.2) is 5.43 Å². The molecule has 0 unspecified atom stereocenters. The molecule has 4 rings (SSSR count). The van der Waals surface area contributed by atoms with E-state index >= 15 is 0 Å². The molecule has 30 heavy (non-hydrogen) atoms. The number of rotatable bonds is 4. The molecule has 0 atom stereocenters. The van der Waals surface area contributed by atoms with Gasteiger partial charge < -0.3 is 4.42 Å². The molecule has 0 aliphatic carbocycles. The molecule has 0 amide bonds. The van der Waals surface area contributed by atoms with E-state index in [-0.39, 0.29) is 10.3 Å². The molecule has 0 aliphatic rings. The zero-order valence-corrected chi connectivity index (χ0v) is 17.7. The van der Waals surface area contributed by atoms with Gasteiger partial charge in [-0.2, -0.15) is 0 Å². The summed E-state index contributed by atoms with van der Waals surface area (Å²) in [5.41, 5.74) is 3.60. The quantitative estimate of drug-likeness (QED) is 0.494. The molecule has 6 heteroatoms. The highest BCUT2D eigenvalue weighted by Gasteiger charge is 2.20. The van der Waals surface area contributed by atoms with Crippen molar-refractivity contribution in [2.75, 3.05) is 4.72 Å². The van der Waals surface area contributed by atoms with Crippen molar-refractivity contribution in [3.05, 3.63) is 93.6 Å². The molecule has 0 aliphatic heterocycles. The molecule has 1 N–H and O–H groups in total. The Morgan fingerprint density at radius 3 is 2.17 bits per heavy atom. The Morgan fingerprint density at radius 2 is 1.50 bits per heavy atom. The van der Waals surface area contributed by atoms with E-state index in [1.807, 2.05) is 49.4 Å². The Hall–Kier alpha value is -3.38. The van der Waals surface area contributed by atoms with E-state index in [1.165, 1.54) is 6.07 Å². The third-order valence-corrected chi connectivity index (χ3v) is 6.60. The van der Waals surface area contributed by atoms with Crippen LogP contribution in [0.15, 0.2) is 80.8 Å². The van der Waals surface area contributed by atoms with E-state index in [9.17, 15) is 13.2 Å². The predicted octanol–water partition coefficient (Wildman–Crippen LogP) is 5.19. The van der Waals surface area contributed by atoms with Crippen molar-refractivity contribution in [3.63, 3.8) is 0 Å². The molecule has 5 nitrogen and oxygen atoms in total. The zero-order chi connectivity index (χ0) is 21.5. The van der Waals surface area contributed by atoms with E-state index in [1.54, 1.807) is 32.0 Å². The first-order valence-corrected chi connectivity index (χ1v) is 11.0. The number of aryl methyl sites for hydroxylation is 3. The first-order chi connectivity index (χ1) is 14.2. The smallest absolute Gasteiger partial charge is 0.262 e. The van der Waals surface area contributed by atoms with Gasteiger partial charge in [0.2, 0.25) is 0 Å². The number of anilines is 1. The van der Waals surface area contributed by atoms with Crippen molar-refractivity contribution in [3.8, 4) is 11.3 Å². The topological polar surface area (TPSA) is 76.4 Å². The summed E-state index contributed by atoms with van der Waals surface area (Å²) >= 11 is 0. The van der Waals surface area contributed by atoms with Gasteiger partial charge in [0.25, 0.3) is 10.0 Å². The van der Waals surface area contributed by atoms with Crippen molar-refractivity contribution < 1.29 is 12.8 Å². The second-order valence-electron chi connectivity index (χ2n) is 7.39. The number of sulfonamides is 1. The summed E-state index contributed by atoms with van der Waals surface area (Å²) in [5, 5.41) is 0.389. The second-order valence-corrected chi connectivity index (χ2v) is 9.00. The van der Waals surface area contributed by atoms with Gasteiger partial charge >= 0.3 is 0 Å². The second kappa shape index (κ2) is 7.46. The van der Waals surface area contributed by atoms with Gasteiger partial charge in [0.05, 0.1) is 16.0 Å².